The van der Waals surface area contributed by atoms with E-state index in [1.807, 2.05) is 0 Å². The van der Waals surface area contributed by atoms with Gasteiger partial charge in [-0.1, -0.05) is 6.07 Å². The lowest BCUT2D eigenvalue weighted by molar-refractivity contribution is -0.123. The average molecular weight is 254 g/mol. The van der Waals surface area contributed by atoms with Crippen LogP contribution in [0.4, 0.5) is 8.78 Å². The first-order valence-electron chi connectivity index (χ1n) is 6.06. The predicted octanol–water partition coefficient (Wildman–Crippen LogP) is 1.89. The Labute approximate surface area is 105 Å². The van der Waals surface area contributed by atoms with Crippen LogP contribution in [0, 0.1) is 11.6 Å². The summed E-state index contributed by atoms with van der Waals surface area (Å²) in [4.78, 5) is 11.8. The molecule has 1 aromatic carbocycles. The summed E-state index contributed by atoms with van der Waals surface area (Å²) in [5.41, 5.74) is 0.556. The van der Waals surface area contributed by atoms with Gasteiger partial charge in [-0.3, -0.25) is 4.79 Å². The van der Waals surface area contributed by atoms with Gasteiger partial charge in [0.25, 0.3) is 0 Å². The number of carbonyl (C=O) groups excluding carboxylic acids is 1. The zero-order chi connectivity index (χ0) is 13.1. The predicted molar refractivity (Wildman–Crippen MR) is 63.9 cm³/mol. The van der Waals surface area contributed by atoms with E-state index in [1.165, 1.54) is 6.07 Å². The Balaban J connectivity index is 2.00. The highest BCUT2D eigenvalue weighted by Crippen LogP contribution is 2.16. The minimum Gasteiger partial charge on any atom is -0.348 e. The van der Waals surface area contributed by atoms with Crippen molar-refractivity contribution in [3.05, 3.63) is 35.4 Å². The van der Waals surface area contributed by atoms with E-state index in [9.17, 15) is 13.6 Å². The van der Waals surface area contributed by atoms with Crippen LogP contribution in [0.5, 0.6) is 0 Å². The second-order valence-corrected chi connectivity index (χ2v) is 4.55. The lowest BCUT2D eigenvalue weighted by atomic mass is 10.1. The smallest absolute Gasteiger partial charge is 0.237 e. The Morgan fingerprint density at radius 2 is 2.22 bits per heavy atom. The zero-order valence-electron chi connectivity index (χ0n) is 10.2. The van der Waals surface area contributed by atoms with Crippen molar-refractivity contribution < 1.29 is 13.6 Å². The van der Waals surface area contributed by atoms with Gasteiger partial charge in [0.15, 0.2) is 11.6 Å². The topological polar surface area (TPSA) is 41.1 Å². The highest BCUT2D eigenvalue weighted by atomic mass is 19.2. The van der Waals surface area contributed by atoms with Crippen LogP contribution < -0.4 is 10.6 Å². The highest BCUT2D eigenvalue weighted by molar-refractivity contribution is 5.82. The summed E-state index contributed by atoms with van der Waals surface area (Å²) in [6, 6.07) is 3.15. The van der Waals surface area contributed by atoms with Crippen molar-refractivity contribution in [3.8, 4) is 0 Å². The molecule has 0 saturated carbocycles. The van der Waals surface area contributed by atoms with Crippen LogP contribution in [0.25, 0.3) is 0 Å². The average Bonchev–Trinajstić information content (AvgIpc) is 2.86. The SMILES string of the molecule is CC(NC(=O)C1CCCN1)c1ccc(F)c(F)c1. The molecule has 0 spiro atoms. The largest absolute Gasteiger partial charge is 0.348 e. The monoisotopic (exact) mass is 254 g/mol. The molecule has 2 N–H and O–H groups in total. The third-order valence-electron chi connectivity index (χ3n) is 3.18. The van der Waals surface area contributed by atoms with Crippen molar-refractivity contribution in [3.63, 3.8) is 0 Å². The molecule has 1 amide bonds. The van der Waals surface area contributed by atoms with Gasteiger partial charge in [-0.15, -0.1) is 0 Å². The van der Waals surface area contributed by atoms with Crippen molar-refractivity contribution in [1.82, 2.24) is 10.6 Å². The molecule has 2 unspecified atom stereocenters. The first kappa shape index (κ1) is 13.0. The summed E-state index contributed by atoms with van der Waals surface area (Å²) in [5.74, 6) is -1.87. The Morgan fingerprint density at radius 3 is 2.83 bits per heavy atom. The van der Waals surface area contributed by atoms with Gasteiger partial charge in [-0.25, -0.2) is 8.78 Å². The van der Waals surface area contributed by atoms with Gasteiger partial charge in [0, 0.05) is 0 Å². The van der Waals surface area contributed by atoms with E-state index in [-0.39, 0.29) is 18.0 Å². The van der Waals surface area contributed by atoms with Crippen LogP contribution in [0.2, 0.25) is 0 Å². The Bertz CT molecular complexity index is 445. The molecular weight excluding hydrogens is 238 g/mol. The van der Waals surface area contributed by atoms with E-state index in [0.717, 1.165) is 31.5 Å². The van der Waals surface area contributed by atoms with Crippen molar-refractivity contribution in [2.24, 2.45) is 0 Å². The fourth-order valence-electron chi connectivity index (χ4n) is 2.09. The second-order valence-electron chi connectivity index (χ2n) is 4.55. The number of hydrogen-bond donors (Lipinski definition) is 2. The maximum absolute atomic E-state index is 13.1. The number of rotatable bonds is 3. The van der Waals surface area contributed by atoms with Crippen LogP contribution >= 0.6 is 0 Å². The van der Waals surface area contributed by atoms with E-state index in [2.05, 4.69) is 10.6 Å². The first-order chi connectivity index (χ1) is 8.58. The summed E-state index contributed by atoms with van der Waals surface area (Å²) in [5, 5.41) is 5.88. The fourth-order valence-corrected chi connectivity index (χ4v) is 2.09. The molecule has 0 aliphatic carbocycles. The maximum Gasteiger partial charge on any atom is 0.237 e. The fraction of sp³-hybridized carbons (Fsp3) is 0.462. The molecule has 1 aromatic rings. The zero-order valence-corrected chi connectivity index (χ0v) is 10.2. The lowest BCUT2D eigenvalue weighted by Gasteiger charge is -2.17. The van der Waals surface area contributed by atoms with Crippen molar-refractivity contribution in [1.29, 1.82) is 0 Å². The molecular formula is C13H16F2N2O. The van der Waals surface area contributed by atoms with Crippen molar-refractivity contribution in [2.75, 3.05) is 6.54 Å². The van der Waals surface area contributed by atoms with Gasteiger partial charge in [0.2, 0.25) is 5.91 Å². The summed E-state index contributed by atoms with van der Waals surface area (Å²) in [7, 11) is 0. The Morgan fingerprint density at radius 1 is 1.44 bits per heavy atom. The lowest BCUT2D eigenvalue weighted by Crippen LogP contribution is -2.41. The molecule has 18 heavy (non-hydrogen) atoms. The molecule has 2 rings (SSSR count). The molecule has 0 bridgehead atoms. The minimum atomic E-state index is -0.896. The van der Waals surface area contributed by atoms with Crippen LogP contribution in [-0.4, -0.2) is 18.5 Å². The van der Waals surface area contributed by atoms with Gasteiger partial charge < -0.3 is 10.6 Å². The van der Waals surface area contributed by atoms with Gasteiger partial charge >= 0.3 is 0 Å². The van der Waals surface area contributed by atoms with Gasteiger partial charge in [0.05, 0.1) is 12.1 Å². The molecule has 98 valence electrons. The van der Waals surface area contributed by atoms with Crippen molar-refractivity contribution >= 4 is 5.91 Å². The summed E-state index contributed by atoms with van der Waals surface area (Å²) in [6.07, 6.45) is 1.80. The van der Waals surface area contributed by atoms with Gasteiger partial charge in [-0.2, -0.15) is 0 Å². The standard InChI is InChI=1S/C13H16F2N2O/c1-8(9-4-5-10(14)11(15)7-9)17-13(18)12-3-2-6-16-12/h4-5,7-8,12,16H,2-3,6H2,1H3,(H,17,18). The number of nitrogens with one attached hydrogen (secondary N) is 2. The Kier molecular flexibility index (Phi) is 3.91. The molecule has 0 aromatic heterocycles. The molecule has 1 fully saturated rings. The van der Waals surface area contributed by atoms with Gasteiger partial charge in [0.1, 0.15) is 0 Å². The normalized spacial score (nSPS) is 20.7. The molecule has 2 atom stereocenters. The summed E-state index contributed by atoms with van der Waals surface area (Å²) in [6.45, 7) is 2.59. The summed E-state index contributed by atoms with van der Waals surface area (Å²) >= 11 is 0. The van der Waals surface area contributed by atoms with E-state index in [1.54, 1.807) is 6.92 Å². The van der Waals surface area contributed by atoms with E-state index in [4.69, 9.17) is 0 Å². The third kappa shape index (κ3) is 2.85. The highest BCUT2D eigenvalue weighted by Gasteiger charge is 2.23. The van der Waals surface area contributed by atoms with Gasteiger partial charge in [-0.05, 0) is 44.0 Å². The number of amides is 1. The quantitative estimate of drug-likeness (QED) is 0.865. The molecule has 0 radical (unpaired) electrons. The number of hydrogen-bond acceptors (Lipinski definition) is 2. The van der Waals surface area contributed by atoms with Crippen LogP contribution in [-0.2, 0) is 4.79 Å². The van der Waals surface area contributed by atoms with E-state index >= 15 is 0 Å². The summed E-state index contributed by atoms with van der Waals surface area (Å²) < 4.78 is 25.9. The third-order valence-corrected chi connectivity index (χ3v) is 3.18. The molecule has 1 heterocycles. The Hall–Kier alpha value is -1.49. The van der Waals surface area contributed by atoms with E-state index < -0.39 is 11.6 Å². The molecule has 5 heteroatoms. The van der Waals surface area contributed by atoms with Crippen LogP contribution in [0.15, 0.2) is 18.2 Å². The molecule has 1 saturated heterocycles. The first-order valence-corrected chi connectivity index (χ1v) is 6.06. The second kappa shape index (κ2) is 5.44. The number of carbonyl (C=O) groups is 1. The molecule has 1 aliphatic heterocycles. The van der Waals surface area contributed by atoms with E-state index in [0.29, 0.717) is 5.56 Å². The van der Waals surface area contributed by atoms with Crippen LogP contribution in [0.3, 0.4) is 0 Å². The number of benzene rings is 1. The minimum absolute atomic E-state index is 0.0928. The molecule has 3 nitrogen and oxygen atoms in total. The molecule has 1 aliphatic rings. The van der Waals surface area contributed by atoms with Crippen molar-refractivity contribution in [2.45, 2.75) is 31.8 Å². The van der Waals surface area contributed by atoms with Crippen LogP contribution in [0.1, 0.15) is 31.4 Å². The maximum atomic E-state index is 13.1. The number of halogens is 2.